The average Bonchev–Trinajstić information content (AvgIpc) is 2.18. The van der Waals surface area contributed by atoms with E-state index in [9.17, 15) is 4.79 Å². The van der Waals surface area contributed by atoms with E-state index in [1.54, 1.807) is 6.07 Å². The summed E-state index contributed by atoms with van der Waals surface area (Å²) in [5.41, 5.74) is 1.04. The van der Waals surface area contributed by atoms with Gasteiger partial charge < -0.3 is 4.98 Å². The quantitative estimate of drug-likeness (QED) is 0.769. The van der Waals surface area contributed by atoms with Crippen LogP contribution in [0.25, 0.3) is 10.8 Å². The number of H-pyrrole nitrogens is 1. The van der Waals surface area contributed by atoms with Gasteiger partial charge in [0.2, 0.25) is 5.56 Å². The largest absolute Gasteiger partial charge is 0.326 e. The minimum Gasteiger partial charge on any atom is -0.326 e. The van der Waals surface area contributed by atoms with E-state index in [1.165, 1.54) is 0 Å². The Bertz CT molecular complexity index is 499. The van der Waals surface area contributed by atoms with Gasteiger partial charge in [0.15, 0.2) is 0 Å². The van der Waals surface area contributed by atoms with E-state index in [-0.39, 0.29) is 5.56 Å². The Morgan fingerprint density at radius 1 is 1.29 bits per heavy atom. The molecule has 0 atom stereocenters. The molecule has 2 heteroatoms. The highest BCUT2D eigenvalue weighted by atomic mass is 16.1. The Morgan fingerprint density at radius 3 is 2.86 bits per heavy atom. The van der Waals surface area contributed by atoms with Crippen molar-refractivity contribution in [2.24, 2.45) is 0 Å². The first kappa shape index (κ1) is 9.00. The molecule has 72 valence electrons. The van der Waals surface area contributed by atoms with Gasteiger partial charge in [0.05, 0.1) is 0 Å². The first-order chi connectivity index (χ1) is 6.81. The van der Waals surface area contributed by atoms with Crippen LogP contribution in [0.2, 0.25) is 0 Å². The van der Waals surface area contributed by atoms with Crippen LogP contribution in [-0.2, 0) is 6.42 Å². The maximum Gasteiger partial charge on any atom is 0.248 e. The van der Waals surface area contributed by atoms with Crippen molar-refractivity contribution < 1.29 is 0 Å². The molecule has 0 radical (unpaired) electrons. The van der Waals surface area contributed by atoms with E-state index in [1.807, 2.05) is 18.2 Å². The second-order valence-electron chi connectivity index (χ2n) is 3.45. The van der Waals surface area contributed by atoms with Crippen molar-refractivity contribution in [1.82, 2.24) is 4.98 Å². The lowest BCUT2D eigenvalue weighted by atomic mass is 10.1. The fourth-order valence-corrected chi connectivity index (χ4v) is 1.74. The van der Waals surface area contributed by atoms with Crippen molar-refractivity contribution in [3.05, 3.63) is 46.4 Å². The van der Waals surface area contributed by atoms with Gasteiger partial charge in [-0.1, -0.05) is 37.6 Å². The topological polar surface area (TPSA) is 32.9 Å². The van der Waals surface area contributed by atoms with Crippen LogP contribution in [0.1, 0.15) is 19.0 Å². The summed E-state index contributed by atoms with van der Waals surface area (Å²) in [6.07, 6.45) is 1.97. The number of pyridine rings is 1. The molecule has 1 aromatic carbocycles. The molecular formula is C12H13NO. The van der Waals surface area contributed by atoms with Gasteiger partial charge in [-0.2, -0.15) is 0 Å². The fourth-order valence-electron chi connectivity index (χ4n) is 1.74. The molecule has 2 nitrogen and oxygen atoms in total. The minimum absolute atomic E-state index is 0.00727. The van der Waals surface area contributed by atoms with Gasteiger partial charge in [0, 0.05) is 17.1 Å². The lowest BCUT2D eigenvalue weighted by Gasteiger charge is -2.03. The summed E-state index contributed by atoms with van der Waals surface area (Å²) in [6.45, 7) is 2.11. The predicted octanol–water partition coefficient (Wildman–Crippen LogP) is 2.48. The molecule has 0 amide bonds. The van der Waals surface area contributed by atoms with E-state index < -0.39 is 0 Å². The summed E-state index contributed by atoms with van der Waals surface area (Å²) < 4.78 is 0. The molecule has 0 aliphatic carbocycles. The molecule has 0 bridgehead atoms. The summed E-state index contributed by atoms with van der Waals surface area (Å²) in [7, 11) is 0. The van der Waals surface area contributed by atoms with Crippen molar-refractivity contribution in [2.45, 2.75) is 19.8 Å². The number of fused-ring (bicyclic) bond motifs is 1. The van der Waals surface area contributed by atoms with Crippen molar-refractivity contribution in [1.29, 1.82) is 0 Å². The average molecular weight is 187 g/mol. The lowest BCUT2D eigenvalue weighted by molar-refractivity contribution is 0.886. The summed E-state index contributed by atoms with van der Waals surface area (Å²) in [4.78, 5) is 14.2. The molecular weight excluding hydrogens is 174 g/mol. The van der Waals surface area contributed by atoms with Crippen LogP contribution >= 0.6 is 0 Å². The highest BCUT2D eigenvalue weighted by Gasteiger charge is 2.00. The molecule has 2 aromatic rings. The molecule has 0 saturated heterocycles. The molecule has 0 spiro atoms. The van der Waals surface area contributed by atoms with Crippen molar-refractivity contribution in [2.75, 3.05) is 0 Å². The molecule has 0 aliphatic heterocycles. The minimum atomic E-state index is -0.00727. The standard InChI is InChI=1S/C12H13NO/c1-2-5-11-10-7-4-3-6-9(10)8-12(14)13-11/h3-4,6-8H,2,5H2,1H3,(H,13,14). The Morgan fingerprint density at radius 2 is 2.07 bits per heavy atom. The number of benzene rings is 1. The zero-order valence-corrected chi connectivity index (χ0v) is 8.21. The van der Waals surface area contributed by atoms with Crippen LogP contribution in [0, 0.1) is 0 Å². The van der Waals surface area contributed by atoms with Crippen molar-refractivity contribution in [3.8, 4) is 0 Å². The van der Waals surface area contributed by atoms with E-state index in [0.717, 1.165) is 29.3 Å². The summed E-state index contributed by atoms with van der Waals surface area (Å²) in [5, 5.41) is 2.19. The molecule has 0 unspecified atom stereocenters. The van der Waals surface area contributed by atoms with Crippen LogP contribution in [0.3, 0.4) is 0 Å². The van der Waals surface area contributed by atoms with E-state index >= 15 is 0 Å². The SMILES string of the molecule is CCCc1[nH]c(=O)cc2ccccc12. The molecule has 1 heterocycles. The number of aryl methyl sites for hydroxylation is 1. The Hall–Kier alpha value is -1.57. The summed E-state index contributed by atoms with van der Waals surface area (Å²) >= 11 is 0. The van der Waals surface area contributed by atoms with Crippen LogP contribution in [-0.4, -0.2) is 4.98 Å². The molecule has 1 N–H and O–H groups in total. The third-order valence-electron chi connectivity index (χ3n) is 2.35. The number of aromatic amines is 1. The van der Waals surface area contributed by atoms with E-state index in [2.05, 4.69) is 18.0 Å². The van der Waals surface area contributed by atoms with Crippen LogP contribution in [0.15, 0.2) is 35.1 Å². The number of nitrogens with one attached hydrogen (secondary N) is 1. The molecule has 14 heavy (non-hydrogen) atoms. The molecule has 2 rings (SSSR count). The maximum atomic E-state index is 11.3. The maximum absolute atomic E-state index is 11.3. The van der Waals surface area contributed by atoms with Gasteiger partial charge in [0.1, 0.15) is 0 Å². The first-order valence-corrected chi connectivity index (χ1v) is 4.92. The Balaban J connectivity index is 2.73. The highest BCUT2D eigenvalue weighted by molar-refractivity contribution is 5.84. The van der Waals surface area contributed by atoms with Gasteiger partial charge in [-0.05, 0) is 11.8 Å². The third-order valence-corrected chi connectivity index (χ3v) is 2.35. The van der Waals surface area contributed by atoms with Gasteiger partial charge in [-0.25, -0.2) is 0 Å². The van der Waals surface area contributed by atoms with E-state index in [0.29, 0.717) is 0 Å². The van der Waals surface area contributed by atoms with Crippen LogP contribution in [0.5, 0.6) is 0 Å². The normalized spacial score (nSPS) is 10.6. The second-order valence-corrected chi connectivity index (χ2v) is 3.45. The third kappa shape index (κ3) is 1.55. The monoisotopic (exact) mass is 187 g/mol. The van der Waals surface area contributed by atoms with Crippen LogP contribution < -0.4 is 5.56 Å². The van der Waals surface area contributed by atoms with Crippen LogP contribution in [0.4, 0.5) is 0 Å². The summed E-state index contributed by atoms with van der Waals surface area (Å²) in [5.74, 6) is 0. The zero-order chi connectivity index (χ0) is 9.97. The number of hydrogen-bond donors (Lipinski definition) is 1. The van der Waals surface area contributed by atoms with Gasteiger partial charge in [-0.15, -0.1) is 0 Å². The summed E-state index contributed by atoms with van der Waals surface area (Å²) in [6, 6.07) is 9.63. The molecule has 0 fully saturated rings. The number of hydrogen-bond acceptors (Lipinski definition) is 1. The van der Waals surface area contributed by atoms with Gasteiger partial charge >= 0.3 is 0 Å². The van der Waals surface area contributed by atoms with Crippen molar-refractivity contribution >= 4 is 10.8 Å². The van der Waals surface area contributed by atoms with Gasteiger partial charge in [0.25, 0.3) is 0 Å². The number of rotatable bonds is 2. The lowest BCUT2D eigenvalue weighted by Crippen LogP contribution is -2.07. The van der Waals surface area contributed by atoms with E-state index in [4.69, 9.17) is 0 Å². The highest BCUT2D eigenvalue weighted by Crippen LogP contribution is 2.15. The molecule has 0 saturated carbocycles. The van der Waals surface area contributed by atoms with Gasteiger partial charge in [-0.3, -0.25) is 4.79 Å². The zero-order valence-electron chi connectivity index (χ0n) is 8.21. The smallest absolute Gasteiger partial charge is 0.248 e. The van der Waals surface area contributed by atoms with Crippen molar-refractivity contribution in [3.63, 3.8) is 0 Å². The fraction of sp³-hybridized carbons (Fsp3) is 0.250. The predicted molar refractivity (Wildman–Crippen MR) is 58.6 cm³/mol. The molecule has 0 aliphatic rings. The Kier molecular flexibility index (Phi) is 2.35. The first-order valence-electron chi connectivity index (χ1n) is 4.92. The number of aromatic nitrogens is 1. The Labute approximate surface area is 82.6 Å². The second kappa shape index (κ2) is 3.66. The molecule has 1 aromatic heterocycles.